The quantitative estimate of drug-likeness (QED) is 0.264. The lowest BCUT2D eigenvalue weighted by atomic mass is 9.90. The molecule has 4 N–H and O–H groups in total. The van der Waals surface area contributed by atoms with Crippen LogP contribution in [0.25, 0.3) is 0 Å². The number of benzene rings is 1. The van der Waals surface area contributed by atoms with E-state index in [2.05, 4.69) is 10.6 Å². The molecule has 43 heavy (non-hydrogen) atoms. The Labute approximate surface area is 255 Å². The van der Waals surface area contributed by atoms with E-state index in [0.717, 1.165) is 11.1 Å². The summed E-state index contributed by atoms with van der Waals surface area (Å²) >= 11 is 0. The van der Waals surface area contributed by atoms with Crippen LogP contribution in [-0.2, 0) is 30.3 Å². The number of amides is 2. The molecule has 1 aromatic rings. The van der Waals surface area contributed by atoms with Crippen molar-refractivity contribution in [2.24, 2.45) is 11.8 Å². The molecule has 0 saturated heterocycles. The summed E-state index contributed by atoms with van der Waals surface area (Å²) in [4.78, 5) is 37.9. The Morgan fingerprint density at radius 1 is 1.14 bits per heavy atom. The Balaban J connectivity index is 2.31. The molecule has 1 heterocycles. The van der Waals surface area contributed by atoms with Crippen molar-refractivity contribution in [3.63, 3.8) is 0 Å². The summed E-state index contributed by atoms with van der Waals surface area (Å²) in [5, 5.41) is 27.0. The summed E-state index contributed by atoms with van der Waals surface area (Å²) in [6, 6.07) is 4.12. The van der Waals surface area contributed by atoms with Crippen LogP contribution in [-0.4, -0.2) is 59.5 Å². The summed E-state index contributed by atoms with van der Waals surface area (Å²) in [5.74, 6) is -1.63. The van der Waals surface area contributed by atoms with Crippen molar-refractivity contribution in [3.8, 4) is 5.75 Å². The first-order valence-corrected chi connectivity index (χ1v) is 15.0. The van der Waals surface area contributed by atoms with Gasteiger partial charge in [-0.25, -0.2) is 4.79 Å². The molecular formula is C34H48N2O7. The van der Waals surface area contributed by atoms with Crippen molar-refractivity contribution >= 4 is 23.5 Å². The summed E-state index contributed by atoms with van der Waals surface area (Å²) in [6.45, 7) is 8.96. The molecule has 9 heteroatoms. The lowest BCUT2D eigenvalue weighted by Crippen LogP contribution is -2.44. The predicted octanol–water partition coefficient (Wildman–Crippen LogP) is 5.15. The maximum atomic E-state index is 13.0. The number of ether oxygens (including phenoxy) is 2. The zero-order valence-electron chi connectivity index (χ0n) is 26.2. The molecule has 0 aromatic heterocycles. The molecule has 9 nitrogen and oxygen atoms in total. The third-order valence-corrected chi connectivity index (χ3v) is 7.60. The molecular weight excluding hydrogens is 548 g/mol. The Hall–Kier alpha value is -3.69. The molecule has 0 saturated carbocycles. The normalized spacial score (nSPS) is 27.1. The van der Waals surface area contributed by atoms with Crippen LogP contribution in [0.2, 0.25) is 0 Å². The van der Waals surface area contributed by atoms with E-state index in [-0.39, 0.29) is 29.9 Å². The number of aryl methyl sites for hydroxylation is 1. The minimum Gasteiger partial charge on any atom is -0.508 e. The van der Waals surface area contributed by atoms with Gasteiger partial charge in [0.2, 0.25) is 11.8 Å². The number of hydrogen-bond acceptors (Lipinski definition) is 7. The number of rotatable bonds is 6. The van der Waals surface area contributed by atoms with Gasteiger partial charge in [0.1, 0.15) is 17.9 Å². The standard InChI is InChI=1S/C34H48N2O7/c1-7-22(2)33(40)35-25(5)34(41)43-30-17-12-10-8-9-11-16-29(42-6)21-31(38)36-27-18-26(19-28(37)20-27)15-13-14-23(3)32(39)24(30)4/h8-12,14,16,18-20,22,24-25,29-30,32,37,39H,7,13,15,17,21H2,1-6H3,(H,35,40)(H,36,38)/b9-8+,12-10+,16-11+,23-14-/t22-,24-,25+,29-,30-,32-/m0/s1. The number of methoxy groups -OCH3 is 1. The number of aliphatic hydroxyl groups is 1. The number of allylic oxidation sites excluding steroid dienone is 5. The summed E-state index contributed by atoms with van der Waals surface area (Å²) < 4.78 is 11.3. The van der Waals surface area contributed by atoms with E-state index in [9.17, 15) is 24.6 Å². The van der Waals surface area contributed by atoms with Crippen LogP contribution in [0.4, 0.5) is 5.69 Å². The lowest BCUT2D eigenvalue weighted by Gasteiger charge is -2.29. The van der Waals surface area contributed by atoms with Gasteiger partial charge in [0, 0.05) is 37.1 Å². The molecule has 0 radical (unpaired) electrons. The molecule has 1 aliphatic rings. The largest absolute Gasteiger partial charge is 0.508 e. The third kappa shape index (κ3) is 12.2. The molecule has 0 aliphatic carbocycles. The van der Waals surface area contributed by atoms with Crippen LogP contribution in [0.15, 0.2) is 66.3 Å². The van der Waals surface area contributed by atoms with Gasteiger partial charge in [0.25, 0.3) is 0 Å². The van der Waals surface area contributed by atoms with Crippen molar-refractivity contribution in [1.82, 2.24) is 5.32 Å². The molecule has 2 bridgehead atoms. The molecule has 2 rings (SSSR count). The Morgan fingerprint density at radius 3 is 2.56 bits per heavy atom. The van der Waals surface area contributed by atoms with Gasteiger partial charge < -0.3 is 30.3 Å². The Morgan fingerprint density at radius 2 is 1.86 bits per heavy atom. The zero-order valence-corrected chi connectivity index (χ0v) is 26.2. The zero-order chi connectivity index (χ0) is 31.9. The number of carbonyl (C=O) groups is 3. The SMILES string of the molecule is CC[C@H](C)C(=O)N[C@H](C)C(=O)O[C@H]1C/C=C/C=C/C=C/[C@H](OC)CC(=O)Nc2cc(O)cc(c2)CC/C=C(/C)[C@H](O)[C@H]1C. The number of anilines is 1. The molecule has 1 aromatic carbocycles. The fraction of sp³-hybridized carbons (Fsp3) is 0.500. The van der Waals surface area contributed by atoms with Crippen LogP contribution in [0, 0.1) is 11.8 Å². The van der Waals surface area contributed by atoms with Crippen LogP contribution >= 0.6 is 0 Å². The topological polar surface area (TPSA) is 134 Å². The van der Waals surface area contributed by atoms with Crippen molar-refractivity contribution in [2.45, 2.75) is 91.1 Å². The van der Waals surface area contributed by atoms with Crippen LogP contribution in [0.3, 0.4) is 0 Å². The smallest absolute Gasteiger partial charge is 0.328 e. The first-order valence-electron chi connectivity index (χ1n) is 15.0. The number of esters is 1. The molecule has 0 fully saturated rings. The minimum absolute atomic E-state index is 0.0422. The molecule has 2 amide bonds. The van der Waals surface area contributed by atoms with E-state index in [4.69, 9.17) is 9.47 Å². The van der Waals surface area contributed by atoms with Gasteiger partial charge in [-0.3, -0.25) is 9.59 Å². The van der Waals surface area contributed by atoms with Gasteiger partial charge in [0.05, 0.1) is 18.6 Å². The fourth-order valence-corrected chi connectivity index (χ4v) is 4.55. The van der Waals surface area contributed by atoms with Crippen molar-refractivity contribution < 1.29 is 34.1 Å². The predicted molar refractivity (Wildman–Crippen MR) is 168 cm³/mol. The maximum absolute atomic E-state index is 13.0. The van der Waals surface area contributed by atoms with E-state index >= 15 is 0 Å². The van der Waals surface area contributed by atoms with Gasteiger partial charge >= 0.3 is 5.97 Å². The Kier molecular flexibility index (Phi) is 14.9. The second kappa shape index (κ2) is 18.1. The second-order valence-corrected chi connectivity index (χ2v) is 11.2. The number of nitrogens with one attached hydrogen (secondary N) is 2. The van der Waals surface area contributed by atoms with Gasteiger partial charge in [-0.15, -0.1) is 0 Å². The van der Waals surface area contributed by atoms with Gasteiger partial charge in [0.15, 0.2) is 0 Å². The maximum Gasteiger partial charge on any atom is 0.328 e. The molecule has 0 spiro atoms. The van der Waals surface area contributed by atoms with Crippen molar-refractivity contribution in [3.05, 3.63) is 71.9 Å². The molecule has 6 atom stereocenters. The number of phenols is 1. The lowest BCUT2D eigenvalue weighted by molar-refractivity contribution is -0.156. The highest BCUT2D eigenvalue weighted by molar-refractivity contribution is 5.91. The van der Waals surface area contributed by atoms with E-state index in [1.54, 1.807) is 44.2 Å². The fourth-order valence-electron chi connectivity index (χ4n) is 4.55. The number of phenolic OH excluding ortho intramolecular Hbond substituents is 1. The summed E-state index contributed by atoms with van der Waals surface area (Å²) in [6.07, 6.45) is 13.0. The van der Waals surface area contributed by atoms with Crippen molar-refractivity contribution in [1.29, 1.82) is 0 Å². The number of hydrogen-bond donors (Lipinski definition) is 4. The van der Waals surface area contributed by atoms with E-state index in [0.29, 0.717) is 31.4 Å². The van der Waals surface area contributed by atoms with E-state index < -0.39 is 36.2 Å². The third-order valence-electron chi connectivity index (χ3n) is 7.60. The first kappa shape index (κ1) is 35.5. The summed E-state index contributed by atoms with van der Waals surface area (Å²) in [5.41, 5.74) is 2.04. The second-order valence-electron chi connectivity index (χ2n) is 11.2. The van der Waals surface area contributed by atoms with Gasteiger partial charge in [-0.2, -0.15) is 0 Å². The van der Waals surface area contributed by atoms with Crippen LogP contribution in [0.1, 0.15) is 65.9 Å². The highest BCUT2D eigenvalue weighted by atomic mass is 16.5. The average molecular weight is 597 g/mol. The van der Waals surface area contributed by atoms with Crippen LogP contribution in [0.5, 0.6) is 5.75 Å². The Bertz CT molecular complexity index is 1200. The highest BCUT2D eigenvalue weighted by Gasteiger charge is 2.30. The number of carbonyl (C=O) groups excluding carboxylic acids is 3. The number of aromatic hydroxyl groups is 1. The minimum atomic E-state index is -0.881. The van der Waals surface area contributed by atoms with Gasteiger partial charge in [-0.05, 0) is 56.4 Å². The van der Waals surface area contributed by atoms with Crippen LogP contribution < -0.4 is 10.6 Å². The number of fused-ring (bicyclic) bond motifs is 2. The highest BCUT2D eigenvalue weighted by Crippen LogP contribution is 2.24. The summed E-state index contributed by atoms with van der Waals surface area (Å²) in [7, 11) is 1.53. The van der Waals surface area contributed by atoms with E-state index in [1.165, 1.54) is 13.2 Å². The van der Waals surface area contributed by atoms with E-state index in [1.807, 2.05) is 45.1 Å². The monoisotopic (exact) mass is 596 g/mol. The van der Waals surface area contributed by atoms with Gasteiger partial charge in [-0.1, -0.05) is 63.3 Å². The van der Waals surface area contributed by atoms with Crippen molar-refractivity contribution in [2.75, 3.05) is 12.4 Å². The average Bonchev–Trinajstić information content (AvgIpc) is 2.96. The molecule has 236 valence electrons. The molecule has 1 aliphatic heterocycles. The number of aliphatic hydroxyl groups excluding tert-OH is 1. The molecule has 0 unspecified atom stereocenters. The first-order chi connectivity index (χ1) is 20.4.